The second kappa shape index (κ2) is 9.50. The van der Waals surface area contributed by atoms with Crippen LogP contribution in [0.25, 0.3) is 11.1 Å². The molecule has 0 unspecified atom stereocenters. The molecule has 124 valence electrons. The second-order valence-corrected chi connectivity index (χ2v) is 6.55. The van der Waals surface area contributed by atoms with Gasteiger partial charge in [0, 0.05) is 5.56 Å². The van der Waals surface area contributed by atoms with Crippen molar-refractivity contribution in [1.29, 1.82) is 0 Å². The molecular weight excluding hydrogens is 283 g/mol. The number of hydrogen-bond acceptors (Lipinski definition) is 0. The van der Waals surface area contributed by atoms with Gasteiger partial charge in [0.2, 0.25) is 0 Å². The number of aryl methyl sites for hydroxylation is 2. The van der Waals surface area contributed by atoms with Gasteiger partial charge in [-0.05, 0) is 42.5 Å². The highest BCUT2D eigenvalue weighted by Gasteiger charge is 2.05. The summed E-state index contributed by atoms with van der Waals surface area (Å²) in [5.41, 5.74) is 3.97. The van der Waals surface area contributed by atoms with Gasteiger partial charge in [-0.3, -0.25) is 0 Å². The van der Waals surface area contributed by atoms with Gasteiger partial charge >= 0.3 is 0 Å². The van der Waals surface area contributed by atoms with E-state index in [0.717, 1.165) is 17.5 Å². The van der Waals surface area contributed by atoms with Gasteiger partial charge in [0.25, 0.3) is 0 Å². The van der Waals surface area contributed by atoms with E-state index in [9.17, 15) is 4.39 Å². The summed E-state index contributed by atoms with van der Waals surface area (Å²) in [4.78, 5) is 0. The Bertz CT molecular complexity index is 583. The van der Waals surface area contributed by atoms with E-state index in [4.69, 9.17) is 0 Å². The monoisotopic (exact) mass is 312 g/mol. The van der Waals surface area contributed by atoms with E-state index in [1.165, 1.54) is 50.5 Å². The smallest absolute Gasteiger partial charge is 0.131 e. The maximum absolute atomic E-state index is 14.0. The van der Waals surface area contributed by atoms with E-state index in [-0.39, 0.29) is 5.82 Å². The van der Waals surface area contributed by atoms with Gasteiger partial charge in [0.15, 0.2) is 0 Å². The fraction of sp³-hybridized carbons (Fsp3) is 0.455. The van der Waals surface area contributed by atoms with Crippen molar-refractivity contribution in [3.63, 3.8) is 0 Å². The Morgan fingerprint density at radius 1 is 0.783 bits per heavy atom. The lowest BCUT2D eigenvalue weighted by molar-refractivity contribution is 0.589. The van der Waals surface area contributed by atoms with Gasteiger partial charge in [-0.2, -0.15) is 0 Å². The number of hydrogen-bond donors (Lipinski definition) is 0. The zero-order chi connectivity index (χ0) is 16.5. The van der Waals surface area contributed by atoms with Gasteiger partial charge in [0.1, 0.15) is 5.82 Å². The molecule has 0 bridgehead atoms. The molecule has 0 aromatic heterocycles. The number of unbranched alkanes of at least 4 members (excludes halogenated alkanes) is 6. The third-order valence-electron chi connectivity index (χ3n) is 4.46. The molecule has 0 aliphatic rings. The van der Waals surface area contributed by atoms with Crippen molar-refractivity contribution in [1.82, 2.24) is 0 Å². The Morgan fingerprint density at radius 3 is 2.09 bits per heavy atom. The van der Waals surface area contributed by atoms with Crippen molar-refractivity contribution in [2.45, 2.75) is 65.2 Å². The topological polar surface area (TPSA) is 0 Å². The molecule has 0 heterocycles. The van der Waals surface area contributed by atoms with Gasteiger partial charge in [-0.15, -0.1) is 0 Å². The van der Waals surface area contributed by atoms with Crippen LogP contribution in [0.5, 0.6) is 0 Å². The molecule has 0 saturated heterocycles. The van der Waals surface area contributed by atoms with Crippen LogP contribution in [0.15, 0.2) is 42.5 Å². The Hall–Kier alpha value is -1.63. The predicted molar refractivity (Wildman–Crippen MR) is 98.3 cm³/mol. The fourth-order valence-electron chi connectivity index (χ4n) is 2.99. The lowest BCUT2D eigenvalue weighted by Gasteiger charge is -2.07. The predicted octanol–water partition coefficient (Wildman–Crippen LogP) is 7.09. The van der Waals surface area contributed by atoms with Crippen LogP contribution in [0, 0.1) is 12.7 Å². The van der Waals surface area contributed by atoms with Crippen molar-refractivity contribution in [2.24, 2.45) is 0 Å². The highest BCUT2D eigenvalue weighted by Crippen LogP contribution is 2.24. The van der Waals surface area contributed by atoms with Crippen molar-refractivity contribution in [2.75, 3.05) is 0 Å². The molecule has 0 aliphatic heterocycles. The summed E-state index contributed by atoms with van der Waals surface area (Å²) in [6.45, 7) is 4.17. The van der Waals surface area contributed by atoms with Crippen molar-refractivity contribution in [3.8, 4) is 11.1 Å². The minimum Gasteiger partial charge on any atom is -0.206 e. The molecule has 0 atom stereocenters. The molecule has 2 aromatic rings. The molecule has 0 amide bonds. The zero-order valence-electron chi connectivity index (χ0n) is 14.6. The first-order valence-electron chi connectivity index (χ1n) is 9.06. The minimum atomic E-state index is -0.134. The first-order chi connectivity index (χ1) is 11.2. The summed E-state index contributed by atoms with van der Waals surface area (Å²) in [5, 5.41) is 0. The van der Waals surface area contributed by atoms with Crippen LogP contribution in [-0.2, 0) is 6.42 Å². The molecule has 0 spiro atoms. The normalized spacial score (nSPS) is 10.9. The Morgan fingerprint density at radius 2 is 1.43 bits per heavy atom. The van der Waals surface area contributed by atoms with E-state index < -0.39 is 0 Å². The molecule has 1 heteroatoms. The molecule has 0 nitrogen and oxygen atoms in total. The first-order valence-corrected chi connectivity index (χ1v) is 9.06. The average molecular weight is 312 g/mol. The number of benzene rings is 2. The molecule has 0 radical (unpaired) electrons. The fourth-order valence-corrected chi connectivity index (χ4v) is 2.99. The van der Waals surface area contributed by atoms with E-state index in [2.05, 4.69) is 19.1 Å². The molecule has 23 heavy (non-hydrogen) atoms. The second-order valence-electron chi connectivity index (χ2n) is 6.55. The van der Waals surface area contributed by atoms with Crippen LogP contribution >= 0.6 is 0 Å². The standard InChI is InChI=1S/C22H29F/c1-3-4-5-6-7-8-9-10-19-12-14-20(15-13-19)21-16-11-18(2)17-22(21)23/h11-17H,3-10H2,1-2H3. The van der Waals surface area contributed by atoms with Crippen molar-refractivity contribution < 1.29 is 4.39 Å². The highest BCUT2D eigenvalue weighted by molar-refractivity contribution is 5.64. The molecule has 2 aromatic carbocycles. The largest absolute Gasteiger partial charge is 0.206 e. The van der Waals surface area contributed by atoms with Crippen molar-refractivity contribution >= 4 is 0 Å². The van der Waals surface area contributed by atoms with Gasteiger partial charge < -0.3 is 0 Å². The summed E-state index contributed by atoms with van der Waals surface area (Å²) in [5.74, 6) is -0.134. The van der Waals surface area contributed by atoms with Gasteiger partial charge in [0.05, 0.1) is 0 Å². The van der Waals surface area contributed by atoms with E-state index in [0.29, 0.717) is 5.56 Å². The summed E-state index contributed by atoms with van der Waals surface area (Å²) in [6, 6.07) is 13.8. The lowest BCUT2D eigenvalue weighted by Crippen LogP contribution is -1.89. The summed E-state index contributed by atoms with van der Waals surface area (Å²) < 4.78 is 14.0. The average Bonchev–Trinajstić information content (AvgIpc) is 2.55. The van der Waals surface area contributed by atoms with Crippen LogP contribution in [0.2, 0.25) is 0 Å². The molecule has 0 fully saturated rings. The number of halogens is 1. The highest BCUT2D eigenvalue weighted by atomic mass is 19.1. The van der Waals surface area contributed by atoms with Crippen LogP contribution in [0.4, 0.5) is 4.39 Å². The third-order valence-corrected chi connectivity index (χ3v) is 4.46. The Balaban J connectivity index is 1.80. The third kappa shape index (κ3) is 5.82. The van der Waals surface area contributed by atoms with Crippen molar-refractivity contribution in [3.05, 3.63) is 59.4 Å². The van der Waals surface area contributed by atoms with Gasteiger partial charge in [-0.25, -0.2) is 4.39 Å². The van der Waals surface area contributed by atoms with E-state index in [1.807, 2.05) is 31.2 Å². The Labute approximate surface area is 140 Å². The summed E-state index contributed by atoms with van der Waals surface area (Å²) in [6.07, 6.45) is 10.5. The van der Waals surface area contributed by atoms with Gasteiger partial charge in [-0.1, -0.05) is 81.8 Å². The van der Waals surface area contributed by atoms with E-state index in [1.54, 1.807) is 6.07 Å². The molecule has 2 rings (SSSR count). The summed E-state index contributed by atoms with van der Waals surface area (Å²) in [7, 11) is 0. The van der Waals surface area contributed by atoms with Crippen LogP contribution < -0.4 is 0 Å². The number of rotatable bonds is 9. The van der Waals surface area contributed by atoms with Crippen LogP contribution in [0.3, 0.4) is 0 Å². The van der Waals surface area contributed by atoms with E-state index >= 15 is 0 Å². The maximum Gasteiger partial charge on any atom is 0.131 e. The molecule has 0 N–H and O–H groups in total. The van der Waals surface area contributed by atoms with Crippen LogP contribution in [-0.4, -0.2) is 0 Å². The minimum absolute atomic E-state index is 0.134. The maximum atomic E-state index is 14.0. The quantitative estimate of drug-likeness (QED) is 0.433. The first kappa shape index (κ1) is 17.7. The molecule has 0 saturated carbocycles. The zero-order valence-corrected chi connectivity index (χ0v) is 14.6. The lowest BCUT2D eigenvalue weighted by atomic mass is 9.99. The Kier molecular flexibility index (Phi) is 7.32. The molecule has 0 aliphatic carbocycles. The van der Waals surface area contributed by atoms with Crippen LogP contribution in [0.1, 0.15) is 63.0 Å². The SMILES string of the molecule is CCCCCCCCCc1ccc(-c2ccc(C)cc2F)cc1. The summed E-state index contributed by atoms with van der Waals surface area (Å²) >= 11 is 0. The molecular formula is C22H29F.